The third kappa shape index (κ3) is 4.95. The fraction of sp³-hybridized carbons (Fsp3) is 0.136. The average Bonchev–Trinajstić information content (AvgIpc) is 2.70. The summed E-state index contributed by atoms with van der Waals surface area (Å²) in [5.74, 6) is -0.545. The predicted molar refractivity (Wildman–Crippen MR) is 122 cm³/mol. The first-order valence-corrected chi connectivity index (χ1v) is 11.3. The van der Waals surface area contributed by atoms with Gasteiger partial charge in [-0.1, -0.05) is 59.1 Å². The largest absolute Gasteiger partial charge is 0.323 e. The van der Waals surface area contributed by atoms with Crippen molar-refractivity contribution in [2.45, 2.75) is 18.7 Å². The lowest BCUT2D eigenvalue weighted by Gasteiger charge is -2.24. The van der Waals surface area contributed by atoms with Crippen LogP contribution in [-0.4, -0.2) is 20.9 Å². The number of carbonyl (C=O) groups excluding carboxylic acids is 1. The first-order chi connectivity index (χ1) is 14.2. The summed E-state index contributed by atoms with van der Waals surface area (Å²) in [6.07, 6.45) is 0. The summed E-state index contributed by atoms with van der Waals surface area (Å²) in [6, 6.07) is 18.3. The summed E-state index contributed by atoms with van der Waals surface area (Å²) >= 11 is 12.1. The molecule has 8 heteroatoms. The summed E-state index contributed by atoms with van der Waals surface area (Å²) in [5, 5.41) is 3.12. The van der Waals surface area contributed by atoms with Gasteiger partial charge in [0.05, 0.1) is 26.3 Å². The highest BCUT2D eigenvalue weighted by molar-refractivity contribution is 7.92. The summed E-state index contributed by atoms with van der Waals surface area (Å²) in [6.45, 7) is 3.30. The van der Waals surface area contributed by atoms with Gasteiger partial charge in [0.15, 0.2) is 0 Å². The minimum atomic E-state index is -3.98. The number of hydrogen-bond acceptors (Lipinski definition) is 3. The second-order valence-corrected chi connectivity index (χ2v) is 9.46. The number of nitrogens with zero attached hydrogens (tertiary/aromatic N) is 1. The summed E-state index contributed by atoms with van der Waals surface area (Å²) in [7, 11) is -3.98. The monoisotopic (exact) mass is 462 g/mol. The van der Waals surface area contributed by atoms with Crippen LogP contribution < -0.4 is 9.62 Å². The second kappa shape index (κ2) is 9.08. The Labute approximate surface area is 186 Å². The molecular weight excluding hydrogens is 443 g/mol. The molecule has 0 spiro atoms. The highest BCUT2D eigenvalue weighted by Crippen LogP contribution is 2.30. The van der Waals surface area contributed by atoms with Crippen molar-refractivity contribution >= 4 is 50.5 Å². The minimum Gasteiger partial charge on any atom is -0.323 e. The van der Waals surface area contributed by atoms with Crippen molar-refractivity contribution in [2.24, 2.45) is 0 Å². The standard InChI is InChI=1S/C22H20Cl2N2O3S/c1-15-9-11-18(12-10-15)30(28,29)26(17-6-3-5-16(2)13-17)14-21(27)25-20-8-4-7-19(23)22(20)24/h3-13H,14H2,1-2H3,(H,25,27). The van der Waals surface area contributed by atoms with Gasteiger partial charge in [-0.2, -0.15) is 0 Å². The Balaban J connectivity index is 1.97. The molecule has 0 aromatic heterocycles. The first kappa shape index (κ1) is 22.2. The van der Waals surface area contributed by atoms with Crippen LogP contribution in [0.2, 0.25) is 10.0 Å². The molecule has 0 aliphatic heterocycles. The number of carbonyl (C=O) groups is 1. The number of sulfonamides is 1. The van der Waals surface area contributed by atoms with Gasteiger partial charge in [0, 0.05) is 0 Å². The zero-order valence-corrected chi connectivity index (χ0v) is 18.7. The van der Waals surface area contributed by atoms with Gasteiger partial charge in [-0.05, 0) is 55.8 Å². The quantitative estimate of drug-likeness (QED) is 0.529. The van der Waals surface area contributed by atoms with E-state index in [1.807, 2.05) is 19.9 Å². The van der Waals surface area contributed by atoms with E-state index in [0.717, 1.165) is 15.4 Å². The Kier molecular flexibility index (Phi) is 6.71. The number of nitrogens with one attached hydrogen (secondary N) is 1. The number of anilines is 2. The van der Waals surface area contributed by atoms with Crippen LogP contribution in [0.15, 0.2) is 71.6 Å². The Bertz CT molecular complexity index is 1180. The lowest BCUT2D eigenvalue weighted by atomic mass is 10.2. The molecule has 0 saturated carbocycles. The SMILES string of the molecule is Cc1ccc(S(=O)(=O)N(CC(=O)Nc2cccc(Cl)c2Cl)c2cccc(C)c2)cc1. The minimum absolute atomic E-state index is 0.100. The zero-order valence-electron chi connectivity index (χ0n) is 16.4. The van der Waals surface area contributed by atoms with Crippen LogP contribution in [-0.2, 0) is 14.8 Å². The lowest BCUT2D eigenvalue weighted by molar-refractivity contribution is -0.114. The summed E-state index contributed by atoms with van der Waals surface area (Å²) in [4.78, 5) is 12.9. The van der Waals surface area contributed by atoms with Crippen molar-refractivity contribution in [1.82, 2.24) is 0 Å². The smallest absolute Gasteiger partial charge is 0.264 e. The van der Waals surface area contributed by atoms with Crippen LogP contribution in [0.25, 0.3) is 0 Å². The maximum absolute atomic E-state index is 13.4. The maximum atomic E-state index is 13.4. The number of halogens is 2. The Hall–Kier alpha value is -2.54. The van der Waals surface area contributed by atoms with Crippen LogP contribution in [0, 0.1) is 13.8 Å². The van der Waals surface area contributed by atoms with Crippen LogP contribution in [0.4, 0.5) is 11.4 Å². The number of benzene rings is 3. The maximum Gasteiger partial charge on any atom is 0.264 e. The van der Waals surface area contributed by atoms with Gasteiger partial charge in [-0.15, -0.1) is 0 Å². The van der Waals surface area contributed by atoms with Crippen LogP contribution in [0.3, 0.4) is 0 Å². The highest BCUT2D eigenvalue weighted by atomic mass is 35.5. The van der Waals surface area contributed by atoms with E-state index < -0.39 is 22.5 Å². The van der Waals surface area contributed by atoms with E-state index in [4.69, 9.17) is 23.2 Å². The molecule has 0 radical (unpaired) electrons. The molecule has 0 bridgehead atoms. The molecule has 156 valence electrons. The molecule has 0 aliphatic carbocycles. The van der Waals surface area contributed by atoms with Crippen molar-refractivity contribution in [2.75, 3.05) is 16.2 Å². The normalized spacial score (nSPS) is 11.2. The first-order valence-electron chi connectivity index (χ1n) is 9.08. The van der Waals surface area contributed by atoms with Crippen LogP contribution in [0.1, 0.15) is 11.1 Å². The molecule has 3 rings (SSSR count). The molecule has 0 heterocycles. The highest BCUT2D eigenvalue weighted by Gasteiger charge is 2.27. The van der Waals surface area contributed by atoms with Crippen molar-refractivity contribution in [1.29, 1.82) is 0 Å². The van der Waals surface area contributed by atoms with Gasteiger partial charge in [0.25, 0.3) is 10.0 Å². The van der Waals surface area contributed by atoms with E-state index in [2.05, 4.69) is 5.32 Å². The Morgan fingerprint density at radius 1 is 0.933 bits per heavy atom. The lowest BCUT2D eigenvalue weighted by Crippen LogP contribution is -2.38. The molecule has 0 aliphatic rings. The van der Waals surface area contributed by atoms with Crippen LogP contribution in [0.5, 0.6) is 0 Å². The fourth-order valence-corrected chi connectivity index (χ4v) is 4.62. The van der Waals surface area contributed by atoms with E-state index in [-0.39, 0.29) is 14.9 Å². The molecule has 30 heavy (non-hydrogen) atoms. The van der Waals surface area contributed by atoms with E-state index in [9.17, 15) is 13.2 Å². The Morgan fingerprint density at radius 2 is 1.60 bits per heavy atom. The molecule has 1 N–H and O–H groups in total. The van der Waals surface area contributed by atoms with Crippen molar-refractivity contribution in [3.05, 3.63) is 87.9 Å². The van der Waals surface area contributed by atoms with E-state index in [1.54, 1.807) is 48.5 Å². The number of amides is 1. The van der Waals surface area contributed by atoms with Gasteiger partial charge in [-0.25, -0.2) is 8.42 Å². The molecule has 0 unspecified atom stereocenters. The van der Waals surface area contributed by atoms with Crippen molar-refractivity contribution in [3.63, 3.8) is 0 Å². The topological polar surface area (TPSA) is 66.5 Å². The number of aryl methyl sites for hydroxylation is 2. The third-order valence-electron chi connectivity index (χ3n) is 4.41. The van der Waals surface area contributed by atoms with Crippen molar-refractivity contribution in [3.8, 4) is 0 Å². The van der Waals surface area contributed by atoms with Gasteiger partial charge in [0.1, 0.15) is 6.54 Å². The van der Waals surface area contributed by atoms with Crippen molar-refractivity contribution < 1.29 is 13.2 Å². The van der Waals surface area contributed by atoms with Gasteiger partial charge in [-0.3, -0.25) is 9.10 Å². The molecule has 5 nitrogen and oxygen atoms in total. The second-order valence-electron chi connectivity index (χ2n) is 6.81. The zero-order chi connectivity index (χ0) is 21.9. The molecule has 0 saturated heterocycles. The fourth-order valence-electron chi connectivity index (χ4n) is 2.86. The number of rotatable bonds is 6. The van der Waals surface area contributed by atoms with E-state index >= 15 is 0 Å². The molecule has 0 atom stereocenters. The number of hydrogen-bond donors (Lipinski definition) is 1. The van der Waals surface area contributed by atoms with Gasteiger partial charge in [0.2, 0.25) is 5.91 Å². The molecule has 0 fully saturated rings. The van der Waals surface area contributed by atoms with Gasteiger partial charge < -0.3 is 5.32 Å². The summed E-state index contributed by atoms with van der Waals surface area (Å²) in [5.41, 5.74) is 2.51. The van der Waals surface area contributed by atoms with Gasteiger partial charge >= 0.3 is 0 Å². The predicted octanol–water partition coefficient (Wildman–Crippen LogP) is 5.44. The summed E-state index contributed by atoms with van der Waals surface area (Å²) < 4.78 is 27.8. The molecular formula is C22H20Cl2N2O3S. The Morgan fingerprint density at radius 3 is 2.27 bits per heavy atom. The molecule has 3 aromatic carbocycles. The van der Waals surface area contributed by atoms with Crippen LogP contribution >= 0.6 is 23.2 Å². The van der Waals surface area contributed by atoms with E-state index in [0.29, 0.717) is 11.4 Å². The van der Waals surface area contributed by atoms with E-state index in [1.165, 1.54) is 12.1 Å². The molecule has 1 amide bonds. The third-order valence-corrected chi connectivity index (χ3v) is 7.02. The average molecular weight is 463 g/mol. The molecule has 3 aromatic rings.